The van der Waals surface area contributed by atoms with E-state index in [9.17, 15) is 4.79 Å². The largest absolute Gasteiger partial charge is 0.497 e. The quantitative estimate of drug-likeness (QED) is 0.767. The van der Waals surface area contributed by atoms with Crippen molar-refractivity contribution in [2.24, 2.45) is 0 Å². The minimum atomic E-state index is -0.309. The molecule has 0 spiro atoms. The van der Waals surface area contributed by atoms with Gasteiger partial charge in [-0.25, -0.2) is 0 Å². The third kappa shape index (κ3) is 3.60. The summed E-state index contributed by atoms with van der Waals surface area (Å²) in [6.45, 7) is 1.86. The monoisotopic (exact) mass is 339 g/mol. The van der Waals surface area contributed by atoms with Crippen molar-refractivity contribution in [2.45, 2.75) is 6.92 Å². The van der Waals surface area contributed by atoms with Gasteiger partial charge in [0.25, 0.3) is 5.91 Å². The maximum Gasteiger partial charge on any atom is 0.322 e. The number of methoxy groups -OCH3 is 2. The zero-order chi connectivity index (χ0) is 17.8. The van der Waals surface area contributed by atoms with Crippen LogP contribution in [0.5, 0.6) is 11.5 Å². The summed E-state index contributed by atoms with van der Waals surface area (Å²) in [6.07, 6.45) is 0. The van der Waals surface area contributed by atoms with E-state index in [2.05, 4.69) is 15.5 Å². The molecule has 7 heteroatoms. The number of hydrogen-bond acceptors (Lipinski definition) is 6. The second-order valence-electron chi connectivity index (χ2n) is 5.28. The number of carbonyl (C=O) groups is 1. The average molecular weight is 339 g/mol. The summed E-state index contributed by atoms with van der Waals surface area (Å²) in [6, 6.07) is 12.5. The van der Waals surface area contributed by atoms with Crippen LogP contribution in [-0.4, -0.2) is 30.3 Å². The van der Waals surface area contributed by atoms with Crippen molar-refractivity contribution in [2.75, 3.05) is 19.5 Å². The van der Waals surface area contributed by atoms with Gasteiger partial charge < -0.3 is 13.9 Å². The number of nitrogens with zero attached hydrogens (tertiary/aromatic N) is 2. The van der Waals surface area contributed by atoms with Crippen molar-refractivity contribution >= 4 is 11.9 Å². The number of ether oxygens (including phenoxy) is 2. The number of amides is 1. The summed E-state index contributed by atoms with van der Waals surface area (Å²) in [5.41, 5.74) is 2.03. The lowest BCUT2D eigenvalue weighted by atomic mass is 10.1. The first kappa shape index (κ1) is 16.5. The fraction of sp³-hybridized carbons (Fsp3) is 0.167. The van der Waals surface area contributed by atoms with Crippen molar-refractivity contribution in [1.29, 1.82) is 0 Å². The molecule has 0 aliphatic carbocycles. The van der Waals surface area contributed by atoms with E-state index < -0.39 is 0 Å². The average Bonchev–Trinajstić information content (AvgIpc) is 3.10. The van der Waals surface area contributed by atoms with E-state index in [0.717, 1.165) is 5.56 Å². The van der Waals surface area contributed by atoms with Gasteiger partial charge >= 0.3 is 6.01 Å². The molecule has 0 aliphatic rings. The van der Waals surface area contributed by atoms with E-state index in [1.54, 1.807) is 44.6 Å². The fourth-order valence-electron chi connectivity index (χ4n) is 2.31. The molecule has 0 fully saturated rings. The topological polar surface area (TPSA) is 86.5 Å². The van der Waals surface area contributed by atoms with Crippen LogP contribution in [0.15, 0.2) is 46.9 Å². The lowest BCUT2D eigenvalue weighted by molar-refractivity contribution is 0.102. The Kier molecular flexibility index (Phi) is 4.65. The molecular weight excluding hydrogens is 322 g/mol. The molecule has 1 N–H and O–H groups in total. The van der Waals surface area contributed by atoms with Crippen LogP contribution in [-0.2, 0) is 0 Å². The van der Waals surface area contributed by atoms with E-state index in [4.69, 9.17) is 13.9 Å². The Labute approximate surface area is 144 Å². The summed E-state index contributed by atoms with van der Waals surface area (Å²) in [5.74, 6) is 1.13. The number of rotatable bonds is 5. The van der Waals surface area contributed by atoms with Crippen LogP contribution in [0.4, 0.5) is 6.01 Å². The molecule has 0 radical (unpaired) electrons. The number of benzene rings is 2. The van der Waals surface area contributed by atoms with Gasteiger partial charge in [0.05, 0.1) is 14.2 Å². The standard InChI is InChI=1S/C18H17N3O4/c1-11-6-4-5-7-15(11)16(22)19-18-21-20-17(25-18)12-8-13(23-2)10-14(9-12)24-3/h4-10H,1-3H3,(H,19,21,22). The van der Waals surface area contributed by atoms with Crippen LogP contribution in [0.1, 0.15) is 15.9 Å². The third-order valence-corrected chi connectivity index (χ3v) is 3.63. The molecular formula is C18H17N3O4. The molecule has 0 atom stereocenters. The Morgan fingerprint density at radius 2 is 1.72 bits per heavy atom. The van der Waals surface area contributed by atoms with Crippen molar-refractivity contribution < 1.29 is 18.7 Å². The van der Waals surface area contributed by atoms with Crippen LogP contribution < -0.4 is 14.8 Å². The summed E-state index contributed by atoms with van der Waals surface area (Å²) in [5, 5.41) is 10.4. The molecule has 1 amide bonds. The van der Waals surface area contributed by atoms with Gasteiger partial charge in [-0.2, -0.15) is 0 Å². The van der Waals surface area contributed by atoms with Gasteiger partial charge in [0, 0.05) is 17.2 Å². The Bertz CT molecular complexity index is 883. The van der Waals surface area contributed by atoms with Crippen molar-refractivity contribution in [1.82, 2.24) is 10.2 Å². The van der Waals surface area contributed by atoms with Crippen LogP contribution in [0.2, 0.25) is 0 Å². The highest BCUT2D eigenvalue weighted by atomic mass is 16.5. The number of hydrogen-bond donors (Lipinski definition) is 1. The molecule has 1 aromatic heterocycles. The summed E-state index contributed by atoms with van der Waals surface area (Å²) < 4.78 is 16.0. The van der Waals surface area contributed by atoms with Gasteiger partial charge in [-0.3, -0.25) is 10.1 Å². The first-order chi connectivity index (χ1) is 12.1. The van der Waals surface area contributed by atoms with E-state index in [0.29, 0.717) is 22.6 Å². The Morgan fingerprint density at radius 1 is 1.04 bits per heavy atom. The first-order valence-electron chi connectivity index (χ1n) is 7.54. The predicted molar refractivity (Wildman–Crippen MR) is 92.0 cm³/mol. The van der Waals surface area contributed by atoms with Gasteiger partial charge in [-0.1, -0.05) is 23.3 Å². The van der Waals surface area contributed by atoms with Crippen molar-refractivity contribution in [3.63, 3.8) is 0 Å². The smallest absolute Gasteiger partial charge is 0.322 e. The number of aryl methyl sites for hydroxylation is 1. The maximum atomic E-state index is 12.3. The van der Waals surface area contributed by atoms with Gasteiger partial charge in [0.15, 0.2) is 0 Å². The van der Waals surface area contributed by atoms with E-state index in [1.165, 1.54) is 0 Å². The number of carbonyl (C=O) groups excluding carboxylic acids is 1. The Hall–Kier alpha value is -3.35. The molecule has 0 bridgehead atoms. The Balaban J connectivity index is 1.83. The zero-order valence-electron chi connectivity index (χ0n) is 14.1. The van der Waals surface area contributed by atoms with E-state index in [1.807, 2.05) is 19.1 Å². The molecule has 1 heterocycles. The maximum absolute atomic E-state index is 12.3. The first-order valence-corrected chi connectivity index (χ1v) is 7.54. The third-order valence-electron chi connectivity index (χ3n) is 3.63. The van der Waals surface area contributed by atoms with Gasteiger partial charge in [0.2, 0.25) is 5.89 Å². The SMILES string of the molecule is COc1cc(OC)cc(-c2nnc(NC(=O)c3ccccc3C)o2)c1. The summed E-state index contributed by atoms with van der Waals surface area (Å²) in [7, 11) is 3.11. The molecule has 0 saturated carbocycles. The lowest BCUT2D eigenvalue weighted by Gasteiger charge is -2.06. The van der Waals surface area contributed by atoms with Crippen molar-refractivity contribution in [3.05, 3.63) is 53.6 Å². The predicted octanol–water partition coefficient (Wildman–Crippen LogP) is 3.31. The van der Waals surface area contributed by atoms with Crippen LogP contribution in [0.25, 0.3) is 11.5 Å². The van der Waals surface area contributed by atoms with Crippen LogP contribution >= 0.6 is 0 Å². The van der Waals surface area contributed by atoms with Crippen LogP contribution in [0, 0.1) is 6.92 Å². The molecule has 2 aromatic carbocycles. The lowest BCUT2D eigenvalue weighted by Crippen LogP contribution is -2.13. The highest BCUT2D eigenvalue weighted by Crippen LogP contribution is 2.29. The molecule has 3 aromatic rings. The van der Waals surface area contributed by atoms with Crippen LogP contribution in [0.3, 0.4) is 0 Å². The minimum Gasteiger partial charge on any atom is -0.497 e. The molecule has 25 heavy (non-hydrogen) atoms. The molecule has 0 unspecified atom stereocenters. The highest BCUT2D eigenvalue weighted by molar-refractivity contribution is 6.04. The van der Waals surface area contributed by atoms with Gasteiger partial charge in [0.1, 0.15) is 11.5 Å². The normalized spacial score (nSPS) is 10.4. The molecule has 3 rings (SSSR count). The highest BCUT2D eigenvalue weighted by Gasteiger charge is 2.15. The molecule has 0 saturated heterocycles. The van der Waals surface area contributed by atoms with Crippen molar-refractivity contribution in [3.8, 4) is 23.0 Å². The summed E-state index contributed by atoms with van der Waals surface area (Å²) in [4.78, 5) is 12.3. The van der Waals surface area contributed by atoms with E-state index >= 15 is 0 Å². The van der Waals surface area contributed by atoms with Gasteiger partial charge in [-0.05, 0) is 30.7 Å². The molecule has 0 aliphatic heterocycles. The number of nitrogens with one attached hydrogen (secondary N) is 1. The minimum absolute atomic E-state index is 0.0186. The summed E-state index contributed by atoms with van der Waals surface area (Å²) >= 11 is 0. The second-order valence-corrected chi connectivity index (χ2v) is 5.28. The van der Waals surface area contributed by atoms with Gasteiger partial charge in [-0.15, -0.1) is 5.10 Å². The second kappa shape index (κ2) is 7.04. The number of aromatic nitrogens is 2. The van der Waals surface area contributed by atoms with E-state index in [-0.39, 0.29) is 17.8 Å². The Morgan fingerprint density at radius 3 is 2.36 bits per heavy atom. The number of anilines is 1. The molecule has 7 nitrogen and oxygen atoms in total. The molecule has 128 valence electrons. The zero-order valence-corrected chi connectivity index (χ0v) is 14.1. The fourth-order valence-corrected chi connectivity index (χ4v) is 2.31.